The molecule has 0 aliphatic rings. The number of benzene rings is 3. The van der Waals surface area contributed by atoms with Crippen molar-refractivity contribution in [2.24, 2.45) is 0 Å². The second-order valence-electron chi connectivity index (χ2n) is 4.77. The minimum atomic E-state index is -0.274. The Kier molecular flexibility index (Phi) is 3.24. The van der Waals surface area contributed by atoms with Crippen LogP contribution in [0.25, 0.3) is 21.9 Å². The lowest BCUT2D eigenvalue weighted by atomic mass is 9.95. The third-order valence-corrected chi connectivity index (χ3v) is 3.52. The number of phenolic OH excluding ortho intramolecular Hbond substituents is 1. The van der Waals surface area contributed by atoms with Crippen molar-refractivity contribution in [2.45, 2.75) is 0 Å². The summed E-state index contributed by atoms with van der Waals surface area (Å²) in [7, 11) is 0. The fourth-order valence-electron chi connectivity index (χ4n) is 2.49. The van der Waals surface area contributed by atoms with Gasteiger partial charge in [-0.2, -0.15) is 0 Å². The Labute approximate surface area is 121 Å². The van der Waals surface area contributed by atoms with Crippen molar-refractivity contribution in [3.8, 4) is 16.9 Å². The van der Waals surface area contributed by atoms with Crippen LogP contribution in [0.4, 0.5) is 0 Å². The Morgan fingerprint density at radius 3 is 2.10 bits per heavy atom. The van der Waals surface area contributed by atoms with Gasteiger partial charge in [-0.15, -0.1) is 0 Å². The largest absolute Gasteiger partial charge is 0.506 e. The average molecular weight is 276 g/mol. The van der Waals surface area contributed by atoms with Gasteiger partial charge in [-0.05, 0) is 34.0 Å². The Balaban J connectivity index is 2.33. The summed E-state index contributed by atoms with van der Waals surface area (Å²) in [6.07, 6.45) is 1.11. The molecule has 3 rings (SSSR count). The molecule has 3 aromatic carbocycles. The van der Waals surface area contributed by atoms with Gasteiger partial charge in [-0.1, -0.05) is 42.5 Å². The maximum atomic E-state index is 11.1. The molecule has 0 aliphatic carbocycles. The molecule has 0 spiro atoms. The van der Waals surface area contributed by atoms with Gasteiger partial charge in [0.1, 0.15) is 5.75 Å². The monoisotopic (exact) mass is 276 g/mol. The number of carbonyl (C=O) groups excluding carboxylic acids is 2. The first kappa shape index (κ1) is 13.1. The molecular formula is C18H12O3. The van der Waals surface area contributed by atoms with Gasteiger partial charge in [0, 0.05) is 0 Å². The molecule has 102 valence electrons. The van der Waals surface area contributed by atoms with E-state index in [4.69, 9.17) is 0 Å². The van der Waals surface area contributed by atoms with Crippen molar-refractivity contribution < 1.29 is 14.7 Å². The molecule has 0 aromatic heterocycles. The summed E-state index contributed by atoms with van der Waals surface area (Å²) < 4.78 is 0. The third-order valence-electron chi connectivity index (χ3n) is 3.52. The summed E-state index contributed by atoms with van der Waals surface area (Å²) in [5, 5.41) is 11.9. The van der Waals surface area contributed by atoms with Gasteiger partial charge in [-0.25, -0.2) is 0 Å². The molecule has 0 aliphatic heterocycles. The van der Waals surface area contributed by atoms with Crippen LogP contribution in [0, 0.1) is 0 Å². The van der Waals surface area contributed by atoms with Crippen molar-refractivity contribution >= 4 is 23.3 Å². The lowest BCUT2D eigenvalue weighted by Gasteiger charge is -2.10. The molecule has 3 aromatic rings. The second-order valence-corrected chi connectivity index (χ2v) is 4.77. The fourth-order valence-corrected chi connectivity index (χ4v) is 2.49. The lowest BCUT2D eigenvalue weighted by Crippen LogP contribution is -1.91. The highest BCUT2D eigenvalue weighted by molar-refractivity contribution is 5.99. The molecule has 0 heterocycles. The molecule has 0 saturated carbocycles. The molecule has 1 N–H and O–H groups in total. The first-order valence-electron chi connectivity index (χ1n) is 6.50. The number of phenols is 1. The number of hydrogen-bond acceptors (Lipinski definition) is 3. The quantitative estimate of drug-likeness (QED) is 0.739. The molecule has 0 atom stereocenters. The van der Waals surface area contributed by atoms with E-state index in [1.54, 1.807) is 12.1 Å². The summed E-state index contributed by atoms with van der Waals surface area (Å²) in [5.41, 5.74) is 1.87. The Hall–Kier alpha value is -2.94. The molecule has 0 fully saturated rings. The minimum Gasteiger partial charge on any atom is -0.506 e. The zero-order chi connectivity index (χ0) is 14.8. The van der Waals surface area contributed by atoms with E-state index in [2.05, 4.69) is 0 Å². The molecule has 0 radical (unpaired) electrons. The van der Waals surface area contributed by atoms with E-state index < -0.39 is 0 Å². The smallest absolute Gasteiger partial charge is 0.153 e. The zero-order valence-corrected chi connectivity index (χ0v) is 11.1. The number of aromatic hydroxyl groups is 1. The van der Waals surface area contributed by atoms with Gasteiger partial charge >= 0.3 is 0 Å². The van der Waals surface area contributed by atoms with Crippen LogP contribution >= 0.6 is 0 Å². The fraction of sp³-hybridized carbons (Fsp3) is 0. The molecular weight excluding hydrogens is 264 g/mol. The molecule has 0 unspecified atom stereocenters. The van der Waals surface area contributed by atoms with Crippen LogP contribution in [-0.2, 0) is 0 Å². The van der Waals surface area contributed by atoms with Gasteiger partial charge in [0.05, 0.1) is 11.1 Å². The van der Waals surface area contributed by atoms with Crippen molar-refractivity contribution in [3.63, 3.8) is 0 Å². The predicted molar refractivity (Wildman–Crippen MR) is 81.8 cm³/mol. The average Bonchev–Trinajstić information content (AvgIpc) is 2.54. The Morgan fingerprint density at radius 1 is 0.810 bits per heavy atom. The van der Waals surface area contributed by atoms with Crippen LogP contribution in [0.3, 0.4) is 0 Å². The van der Waals surface area contributed by atoms with Crippen LogP contribution in [0.2, 0.25) is 0 Å². The van der Waals surface area contributed by atoms with E-state index in [0.29, 0.717) is 12.6 Å². The number of rotatable bonds is 3. The highest BCUT2D eigenvalue weighted by Gasteiger charge is 2.11. The number of carbonyl (C=O) groups is 2. The highest BCUT2D eigenvalue weighted by atomic mass is 16.3. The van der Waals surface area contributed by atoms with Gasteiger partial charge in [0.15, 0.2) is 12.6 Å². The first-order chi connectivity index (χ1) is 10.2. The van der Waals surface area contributed by atoms with Crippen LogP contribution < -0.4 is 0 Å². The molecule has 0 bridgehead atoms. The third kappa shape index (κ3) is 2.19. The van der Waals surface area contributed by atoms with Crippen molar-refractivity contribution in [1.82, 2.24) is 0 Å². The van der Waals surface area contributed by atoms with Crippen molar-refractivity contribution in [3.05, 3.63) is 65.7 Å². The number of aldehydes is 2. The molecule has 3 nitrogen and oxygen atoms in total. The zero-order valence-electron chi connectivity index (χ0n) is 11.1. The van der Waals surface area contributed by atoms with Crippen LogP contribution in [-0.4, -0.2) is 17.7 Å². The van der Waals surface area contributed by atoms with Crippen LogP contribution in [0.15, 0.2) is 54.6 Å². The van der Waals surface area contributed by atoms with Crippen molar-refractivity contribution in [1.29, 1.82) is 0 Å². The van der Waals surface area contributed by atoms with Gasteiger partial charge in [-0.3, -0.25) is 9.59 Å². The summed E-state index contributed by atoms with van der Waals surface area (Å²) in [5.74, 6) is -0.274. The lowest BCUT2D eigenvalue weighted by molar-refractivity contribution is 0.112. The SMILES string of the molecule is O=Cc1cc(-c2cccc3ccccc23)cc(C=O)c1O. The van der Waals surface area contributed by atoms with E-state index in [1.807, 2.05) is 42.5 Å². The second kappa shape index (κ2) is 5.21. The number of hydrogen-bond donors (Lipinski definition) is 1. The van der Waals surface area contributed by atoms with E-state index >= 15 is 0 Å². The minimum absolute atomic E-state index is 0.113. The van der Waals surface area contributed by atoms with Crippen LogP contribution in [0.1, 0.15) is 20.7 Å². The van der Waals surface area contributed by atoms with E-state index in [-0.39, 0.29) is 16.9 Å². The van der Waals surface area contributed by atoms with Gasteiger partial charge in [0.2, 0.25) is 0 Å². The van der Waals surface area contributed by atoms with Gasteiger partial charge < -0.3 is 5.11 Å². The number of fused-ring (bicyclic) bond motifs is 1. The summed E-state index contributed by atoms with van der Waals surface area (Å²) >= 11 is 0. The normalized spacial score (nSPS) is 10.5. The van der Waals surface area contributed by atoms with E-state index in [9.17, 15) is 14.7 Å². The maximum absolute atomic E-state index is 11.1. The highest BCUT2D eigenvalue weighted by Crippen LogP contribution is 2.32. The van der Waals surface area contributed by atoms with Crippen molar-refractivity contribution in [2.75, 3.05) is 0 Å². The molecule has 21 heavy (non-hydrogen) atoms. The van der Waals surface area contributed by atoms with E-state index in [1.165, 1.54) is 0 Å². The molecule has 0 amide bonds. The van der Waals surface area contributed by atoms with Gasteiger partial charge in [0.25, 0.3) is 0 Å². The predicted octanol–water partition coefficient (Wildman–Crippen LogP) is 3.84. The first-order valence-corrected chi connectivity index (χ1v) is 6.50. The Morgan fingerprint density at radius 2 is 1.43 bits per heavy atom. The molecule has 3 heteroatoms. The summed E-state index contributed by atoms with van der Waals surface area (Å²) in [6.45, 7) is 0. The topological polar surface area (TPSA) is 54.4 Å². The standard InChI is InChI=1S/C18H12O3/c19-10-14-8-13(9-15(11-20)18(14)21)17-7-3-5-12-4-1-2-6-16(12)17/h1-11,21H. The maximum Gasteiger partial charge on any atom is 0.153 e. The molecule has 0 saturated heterocycles. The van der Waals surface area contributed by atoms with E-state index in [0.717, 1.165) is 21.9 Å². The Bertz CT molecular complexity index is 816. The summed E-state index contributed by atoms with van der Waals surface area (Å²) in [4.78, 5) is 22.1. The summed E-state index contributed by atoms with van der Waals surface area (Å²) in [6, 6.07) is 16.9. The van der Waals surface area contributed by atoms with Crippen LogP contribution in [0.5, 0.6) is 5.75 Å².